The van der Waals surface area contributed by atoms with Crippen molar-refractivity contribution < 1.29 is 8.42 Å². The molecule has 0 heterocycles. The molecule has 0 aliphatic rings. The quantitative estimate of drug-likeness (QED) is 0.837. The van der Waals surface area contributed by atoms with Gasteiger partial charge in [0.05, 0.1) is 0 Å². The van der Waals surface area contributed by atoms with Gasteiger partial charge < -0.3 is 0 Å². The van der Waals surface area contributed by atoms with Gasteiger partial charge in [-0.05, 0) is 0 Å². The maximum absolute atomic E-state index is 11.4. The third kappa shape index (κ3) is 4.55. The first-order valence-corrected chi connectivity index (χ1v) is 9.42. The molecule has 0 aliphatic heterocycles. The molecule has 100 valence electrons. The van der Waals surface area contributed by atoms with Crippen LogP contribution in [-0.2, 0) is 10.0 Å². The van der Waals surface area contributed by atoms with E-state index in [-0.39, 0.29) is 15.0 Å². The van der Waals surface area contributed by atoms with E-state index in [1.165, 1.54) is 0 Å². The number of nitrogens with one attached hydrogen (secondary N) is 1. The van der Waals surface area contributed by atoms with Gasteiger partial charge in [-0.3, -0.25) is 0 Å². The fourth-order valence-corrected chi connectivity index (χ4v) is 4.54. The number of sulfonamides is 1. The van der Waals surface area contributed by atoms with Gasteiger partial charge in [0.25, 0.3) is 0 Å². The van der Waals surface area contributed by atoms with Crippen LogP contribution in [0.3, 0.4) is 0 Å². The Morgan fingerprint density at radius 2 is 1.79 bits per heavy atom. The molecule has 0 radical (unpaired) electrons. The van der Waals surface area contributed by atoms with E-state index in [2.05, 4.69) is 4.72 Å². The second-order valence-corrected chi connectivity index (χ2v) is 8.45. The number of anilines is 1. The Labute approximate surface area is 124 Å². The van der Waals surface area contributed by atoms with Gasteiger partial charge in [-0.2, -0.15) is 0 Å². The normalized spacial score (nSPS) is 11.3. The summed E-state index contributed by atoms with van der Waals surface area (Å²) in [4.78, 5) is 0. The first kappa shape index (κ1) is 14.4. The average molecular weight is 361 g/mol. The average Bonchev–Trinajstić information content (AvgIpc) is 2.32. The molecule has 6 heteroatoms. The van der Waals surface area contributed by atoms with Crippen molar-refractivity contribution in [1.29, 1.82) is 0 Å². The van der Waals surface area contributed by atoms with Crippen molar-refractivity contribution in [3.05, 3.63) is 53.6 Å². The minimum atomic E-state index is -3.29. The Morgan fingerprint density at radius 1 is 1.11 bits per heavy atom. The number of hydrogen-bond donors (Lipinski definition) is 1. The van der Waals surface area contributed by atoms with Crippen LogP contribution >= 0.6 is 11.6 Å². The van der Waals surface area contributed by atoms with Gasteiger partial charge in [0.2, 0.25) is 0 Å². The second-order valence-electron chi connectivity index (χ2n) is 3.93. The van der Waals surface area contributed by atoms with Gasteiger partial charge in [0.1, 0.15) is 0 Å². The predicted octanol–water partition coefficient (Wildman–Crippen LogP) is 1.37. The van der Waals surface area contributed by atoms with E-state index < -0.39 is 10.0 Å². The molecule has 0 saturated heterocycles. The Morgan fingerprint density at radius 3 is 2.42 bits per heavy atom. The van der Waals surface area contributed by atoms with E-state index >= 15 is 0 Å². The molecule has 1 N–H and O–H groups in total. The van der Waals surface area contributed by atoms with Crippen molar-refractivity contribution in [3.8, 4) is 0 Å². The van der Waals surface area contributed by atoms with Gasteiger partial charge in [-0.1, -0.05) is 0 Å². The standard InChI is InChI=1S/C13H12ClNO2SSe/c1-18(16,17)15-12-8-7-10(14)9-13(12)19-11-5-3-2-4-6-11/h2-9,15H,1H3. The van der Waals surface area contributed by atoms with Gasteiger partial charge in [-0.15, -0.1) is 0 Å². The van der Waals surface area contributed by atoms with Crippen LogP contribution in [0.25, 0.3) is 0 Å². The van der Waals surface area contributed by atoms with Crippen LogP contribution in [0.2, 0.25) is 5.02 Å². The first-order chi connectivity index (χ1) is 8.94. The number of rotatable bonds is 4. The Balaban J connectivity index is 2.35. The summed E-state index contributed by atoms with van der Waals surface area (Å²) < 4.78 is 27.3. The SMILES string of the molecule is CS(=O)(=O)Nc1ccc(Cl)cc1[Se]c1ccccc1. The third-order valence-electron chi connectivity index (χ3n) is 2.21. The summed E-state index contributed by atoms with van der Waals surface area (Å²) in [5, 5.41) is 0.604. The van der Waals surface area contributed by atoms with Gasteiger partial charge >= 0.3 is 124 Å². The van der Waals surface area contributed by atoms with E-state index in [4.69, 9.17) is 11.6 Å². The summed E-state index contributed by atoms with van der Waals surface area (Å²) in [5.41, 5.74) is 0.593. The monoisotopic (exact) mass is 361 g/mol. The summed E-state index contributed by atoms with van der Waals surface area (Å²) in [6, 6.07) is 15.1. The molecule has 3 nitrogen and oxygen atoms in total. The van der Waals surface area contributed by atoms with Crippen LogP contribution in [0, 0.1) is 0 Å². The molecule has 0 bridgehead atoms. The van der Waals surface area contributed by atoms with E-state index in [0.29, 0.717) is 10.7 Å². The zero-order chi connectivity index (χ0) is 13.9. The van der Waals surface area contributed by atoms with E-state index in [1.807, 2.05) is 36.4 Å². The third-order valence-corrected chi connectivity index (χ3v) is 5.27. The summed E-state index contributed by atoms with van der Waals surface area (Å²) >= 11 is 5.99. The number of halogens is 1. The van der Waals surface area contributed by atoms with Crippen molar-refractivity contribution in [2.24, 2.45) is 0 Å². The molecular weight excluding hydrogens is 349 g/mol. The van der Waals surface area contributed by atoms with Crippen LogP contribution in [0.15, 0.2) is 48.5 Å². The molecule has 0 amide bonds. The van der Waals surface area contributed by atoms with Gasteiger partial charge in [-0.25, -0.2) is 0 Å². The minimum absolute atomic E-state index is 0.000810. The van der Waals surface area contributed by atoms with Crippen molar-refractivity contribution in [2.45, 2.75) is 0 Å². The number of hydrogen-bond acceptors (Lipinski definition) is 2. The van der Waals surface area contributed by atoms with E-state index in [9.17, 15) is 8.42 Å². The van der Waals surface area contributed by atoms with Crippen LogP contribution in [0.4, 0.5) is 5.69 Å². The van der Waals surface area contributed by atoms with Crippen molar-refractivity contribution in [3.63, 3.8) is 0 Å². The van der Waals surface area contributed by atoms with Crippen LogP contribution in [-0.4, -0.2) is 29.6 Å². The van der Waals surface area contributed by atoms with Crippen LogP contribution in [0.5, 0.6) is 0 Å². The summed E-state index contributed by atoms with van der Waals surface area (Å²) in [6.07, 6.45) is 1.14. The molecule has 0 atom stereocenters. The second kappa shape index (κ2) is 5.97. The molecule has 2 aromatic rings. The molecule has 0 unspecified atom stereocenters. The first-order valence-electron chi connectivity index (χ1n) is 5.44. The van der Waals surface area contributed by atoms with Crippen LogP contribution in [0.1, 0.15) is 0 Å². The fourth-order valence-electron chi connectivity index (χ4n) is 1.48. The zero-order valence-corrected chi connectivity index (χ0v) is 13.4. The summed E-state index contributed by atoms with van der Waals surface area (Å²) in [5.74, 6) is 0. The predicted molar refractivity (Wildman–Crippen MR) is 81.4 cm³/mol. The Bertz CT molecular complexity index is 674. The topological polar surface area (TPSA) is 46.2 Å². The van der Waals surface area contributed by atoms with Crippen molar-refractivity contribution in [2.75, 3.05) is 11.0 Å². The van der Waals surface area contributed by atoms with Crippen molar-refractivity contribution >= 4 is 51.2 Å². The Kier molecular flexibility index (Phi) is 4.53. The molecule has 0 aromatic heterocycles. The molecular formula is C13H12ClNO2SSe. The van der Waals surface area contributed by atoms with Crippen molar-refractivity contribution in [1.82, 2.24) is 0 Å². The molecule has 0 spiro atoms. The zero-order valence-electron chi connectivity index (χ0n) is 10.1. The summed E-state index contributed by atoms with van der Waals surface area (Å²) in [7, 11) is -3.29. The molecule has 0 saturated carbocycles. The van der Waals surface area contributed by atoms with Gasteiger partial charge in [0, 0.05) is 0 Å². The van der Waals surface area contributed by atoms with E-state index in [0.717, 1.165) is 15.2 Å². The molecule has 19 heavy (non-hydrogen) atoms. The molecule has 2 aromatic carbocycles. The molecule has 2 rings (SSSR count). The van der Waals surface area contributed by atoms with E-state index in [1.54, 1.807) is 12.1 Å². The molecule has 0 fully saturated rings. The Hall–Kier alpha value is -1.00. The number of benzene rings is 2. The fraction of sp³-hybridized carbons (Fsp3) is 0.0769. The maximum atomic E-state index is 11.4. The molecule has 0 aliphatic carbocycles. The van der Waals surface area contributed by atoms with Crippen LogP contribution < -0.4 is 13.6 Å². The van der Waals surface area contributed by atoms with Gasteiger partial charge in [0.15, 0.2) is 0 Å². The summed E-state index contributed by atoms with van der Waals surface area (Å²) in [6.45, 7) is 0.